The Morgan fingerprint density at radius 3 is 2.82 bits per heavy atom. The fraction of sp³-hybridized carbons (Fsp3) is 0.214. The molecule has 0 radical (unpaired) electrons. The van der Waals surface area contributed by atoms with Gasteiger partial charge in [0.1, 0.15) is 5.76 Å². The highest BCUT2D eigenvalue weighted by Crippen LogP contribution is 2.18. The predicted molar refractivity (Wildman–Crippen MR) is 66.7 cm³/mol. The third-order valence-corrected chi connectivity index (χ3v) is 2.79. The van der Waals surface area contributed by atoms with Gasteiger partial charge in [-0.3, -0.25) is 0 Å². The highest BCUT2D eigenvalue weighted by molar-refractivity contribution is 5.51. The number of anilines is 1. The topological polar surface area (TPSA) is 40.2 Å². The molecule has 3 heteroatoms. The summed E-state index contributed by atoms with van der Waals surface area (Å²) in [4.78, 5) is 2.10. The van der Waals surface area contributed by atoms with Gasteiger partial charge in [-0.2, -0.15) is 5.26 Å². The molecule has 0 N–H and O–H groups in total. The molecule has 0 amide bonds. The van der Waals surface area contributed by atoms with Crippen molar-refractivity contribution >= 4 is 5.69 Å². The van der Waals surface area contributed by atoms with Crippen molar-refractivity contribution in [3.63, 3.8) is 0 Å². The van der Waals surface area contributed by atoms with E-state index in [1.807, 2.05) is 38.2 Å². The van der Waals surface area contributed by atoms with E-state index in [2.05, 4.69) is 11.0 Å². The van der Waals surface area contributed by atoms with Gasteiger partial charge in [0.05, 0.1) is 17.9 Å². The van der Waals surface area contributed by atoms with Crippen molar-refractivity contribution in [3.05, 3.63) is 53.5 Å². The monoisotopic (exact) mass is 226 g/mol. The van der Waals surface area contributed by atoms with E-state index in [0.717, 1.165) is 23.6 Å². The van der Waals surface area contributed by atoms with Gasteiger partial charge in [0, 0.05) is 24.8 Å². The first-order chi connectivity index (χ1) is 8.20. The molecule has 1 aromatic heterocycles. The Hall–Kier alpha value is -2.21. The van der Waals surface area contributed by atoms with E-state index in [9.17, 15) is 0 Å². The Kier molecular flexibility index (Phi) is 3.15. The number of aryl methyl sites for hydroxylation is 1. The van der Waals surface area contributed by atoms with E-state index in [-0.39, 0.29) is 0 Å². The van der Waals surface area contributed by atoms with Crippen LogP contribution < -0.4 is 4.90 Å². The molecule has 3 nitrogen and oxygen atoms in total. The highest BCUT2D eigenvalue weighted by Gasteiger charge is 2.06. The molecule has 1 aromatic carbocycles. The Labute approximate surface area is 101 Å². The summed E-state index contributed by atoms with van der Waals surface area (Å²) in [5.41, 5.74) is 2.87. The summed E-state index contributed by atoms with van der Waals surface area (Å²) < 4.78 is 5.27. The van der Waals surface area contributed by atoms with Crippen molar-refractivity contribution in [3.8, 4) is 6.07 Å². The van der Waals surface area contributed by atoms with Crippen LogP contribution in [0.1, 0.15) is 16.9 Å². The van der Waals surface area contributed by atoms with E-state index >= 15 is 0 Å². The van der Waals surface area contributed by atoms with Crippen molar-refractivity contribution < 1.29 is 4.42 Å². The van der Waals surface area contributed by atoms with Crippen LogP contribution in [0.2, 0.25) is 0 Å². The molecular weight excluding hydrogens is 212 g/mol. The highest BCUT2D eigenvalue weighted by atomic mass is 16.3. The van der Waals surface area contributed by atoms with E-state index in [1.165, 1.54) is 0 Å². The summed E-state index contributed by atoms with van der Waals surface area (Å²) in [6.45, 7) is 2.73. The van der Waals surface area contributed by atoms with Crippen LogP contribution in [0, 0.1) is 18.3 Å². The zero-order valence-electron chi connectivity index (χ0n) is 9.97. The second-order valence-corrected chi connectivity index (χ2v) is 4.02. The molecule has 0 aliphatic rings. The van der Waals surface area contributed by atoms with Crippen molar-refractivity contribution in [2.24, 2.45) is 0 Å². The second-order valence-electron chi connectivity index (χ2n) is 4.02. The fourth-order valence-corrected chi connectivity index (χ4v) is 1.73. The van der Waals surface area contributed by atoms with Crippen LogP contribution in [0.5, 0.6) is 0 Å². The summed E-state index contributed by atoms with van der Waals surface area (Å²) in [5, 5.41) is 8.86. The zero-order chi connectivity index (χ0) is 12.3. The second kappa shape index (κ2) is 4.75. The minimum absolute atomic E-state index is 0.679. The minimum Gasteiger partial charge on any atom is -0.469 e. The molecule has 2 aromatic rings. The molecule has 0 aliphatic carbocycles. The summed E-state index contributed by atoms with van der Waals surface area (Å²) >= 11 is 0. The molecule has 0 aliphatic heterocycles. The Bertz CT molecular complexity index is 551. The molecule has 0 unspecified atom stereocenters. The normalized spacial score (nSPS) is 9.94. The average molecular weight is 226 g/mol. The van der Waals surface area contributed by atoms with Crippen molar-refractivity contribution in [2.75, 3.05) is 11.9 Å². The van der Waals surface area contributed by atoms with Crippen LogP contribution in [-0.2, 0) is 6.54 Å². The first-order valence-corrected chi connectivity index (χ1v) is 5.45. The Morgan fingerprint density at radius 2 is 2.18 bits per heavy atom. The molecule has 0 bridgehead atoms. The maximum atomic E-state index is 8.86. The molecule has 0 spiro atoms. The lowest BCUT2D eigenvalue weighted by Gasteiger charge is -2.19. The van der Waals surface area contributed by atoms with Gasteiger partial charge < -0.3 is 9.32 Å². The SMILES string of the molecule is Cc1occc1CN(C)c1cccc(C#N)c1. The minimum atomic E-state index is 0.679. The van der Waals surface area contributed by atoms with Crippen LogP contribution in [-0.4, -0.2) is 7.05 Å². The summed E-state index contributed by atoms with van der Waals surface area (Å²) in [6, 6.07) is 11.7. The predicted octanol–water partition coefficient (Wildman–Crippen LogP) is 3.10. The van der Waals surface area contributed by atoms with Gasteiger partial charge in [0.15, 0.2) is 0 Å². The average Bonchev–Trinajstić information content (AvgIpc) is 2.75. The number of hydrogen-bond donors (Lipinski definition) is 0. The van der Waals surface area contributed by atoms with Gasteiger partial charge >= 0.3 is 0 Å². The lowest BCUT2D eigenvalue weighted by molar-refractivity contribution is 0.529. The quantitative estimate of drug-likeness (QED) is 0.807. The lowest BCUT2D eigenvalue weighted by atomic mass is 10.2. The number of hydrogen-bond acceptors (Lipinski definition) is 3. The first kappa shape index (κ1) is 11.3. The van der Waals surface area contributed by atoms with E-state index in [1.54, 1.807) is 12.3 Å². The van der Waals surface area contributed by atoms with Gasteiger partial charge in [-0.05, 0) is 31.2 Å². The maximum absolute atomic E-state index is 8.86. The number of nitrogens with zero attached hydrogens (tertiary/aromatic N) is 2. The number of benzene rings is 1. The molecule has 0 fully saturated rings. The molecule has 0 saturated heterocycles. The molecule has 0 saturated carbocycles. The molecule has 86 valence electrons. The zero-order valence-corrected chi connectivity index (χ0v) is 9.97. The van der Waals surface area contributed by atoms with Gasteiger partial charge in [0.2, 0.25) is 0 Å². The summed E-state index contributed by atoms with van der Waals surface area (Å²) in [7, 11) is 2.00. The largest absolute Gasteiger partial charge is 0.469 e. The van der Waals surface area contributed by atoms with Crippen molar-refractivity contribution in [1.82, 2.24) is 0 Å². The third kappa shape index (κ3) is 2.48. The maximum Gasteiger partial charge on any atom is 0.105 e. The van der Waals surface area contributed by atoms with Crippen LogP contribution in [0.25, 0.3) is 0 Å². The lowest BCUT2D eigenvalue weighted by Crippen LogP contribution is -2.16. The standard InChI is InChI=1S/C14H14N2O/c1-11-13(6-7-17-11)10-16(2)14-5-3-4-12(8-14)9-15/h3-8H,10H2,1-2H3. The smallest absolute Gasteiger partial charge is 0.105 e. The Morgan fingerprint density at radius 1 is 1.35 bits per heavy atom. The summed E-state index contributed by atoms with van der Waals surface area (Å²) in [5.74, 6) is 0.938. The van der Waals surface area contributed by atoms with Crippen LogP contribution in [0.15, 0.2) is 41.0 Å². The fourth-order valence-electron chi connectivity index (χ4n) is 1.73. The molecular formula is C14H14N2O. The number of nitriles is 1. The van der Waals surface area contributed by atoms with Crippen LogP contribution in [0.3, 0.4) is 0 Å². The van der Waals surface area contributed by atoms with E-state index < -0.39 is 0 Å². The van der Waals surface area contributed by atoms with E-state index in [0.29, 0.717) is 5.56 Å². The van der Waals surface area contributed by atoms with Gasteiger partial charge in [0.25, 0.3) is 0 Å². The van der Waals surface area contributed by atoms with Gasteiger partial charge in [-0.15, -0.1) is 0 Å². The number of furan rings is 1. The first-order valence-electron chi connectivity index (χ1n) is 5.45. The third-order valence-electron chi connectivity index (χ3n) is 2.79. The molecule has 1 heterocycles. The van der Waals surface area contributed by atoms with E-state index in [4.69, 9.17) is 9.68 Å². The molecule has 17 heavy (non-hydrogen) atoms. The van der Waals surface area contributed by atoms with Crippen molar-refractivity contribution in [1.29, 1.82) is 5.26 Å². The van der Waals surface area contributed by atoms with Crippen molar-refractivity contribution in [2.45, 2.75) is 13.5 Å². The van der Waals surface area contributed by atoms with Gasteiger partial charge in [-0.25, -0.2) is 0 Å². The number of rotatable bonds is 3. The summed E-state index contributed by atoms with van der Waals surface area (Å²) in [6.07, 6.45) is 1.70. The Balaban J connectivity index is 2.17. The van der Waals surface area contributed by atoms with Gasteiger partial charge in [-0.1, -0.05) is 6.07 Å². The van der Waals surface area contributed by atoms with Crippen LogP contribution in [0.4, 0.5) is 5.69 Å². The molecule has 2 rings (SSSR count). The molecule has 0 atom stereocenters. The van der Waals surface area contributed by atoms with Crippen LogP contribution >= 0.6 is 0 Å².